The molecule has 2 aromatic carbocycles. The van der Waals surface area contributed by atoms with E-state index in [4.69, 9.17) is 4.74 Å². The molecular weight excluding hydrogens is 381 g/mol. The first kappa shape index (κ1) is 20.4. The lowest BCUT2D eigenvalue weighted by molar-refractivity contribution is -0.137. The quantitative estimate of drug-likeness (QED) is 0.570. The minimum Gasteiger partial charge on any atom is -0.439 e. The van der Waals surface area contributed by atoms with Crippen LogP contribution in [0.15, 0.2) is 66.9 Å². The molecule has 29 heavy (non-hydrogen) atoms. The molecule has 150 valence electrons. The van der Waals surface area contributed by atoms with Gasteiger partial charge in [0.2, 0.25) is 5.88 Å². The van der Waals surface area contributed by atoms with Crippen LogP contribution < -0.4 is 4.74 Å². The Morgan fingerprint density at radius 2 is 1.72 bits per heavy atom. The van der Waals surface area contributed by atoms with Crippen molar-refractivity contribution in [3.8, 4) is 11.6 Å². The Balaban J connectivity index is 1.65. The number of nitrogens with zero attached hydrogens (tertiary/aromatic N) is 2. The molecule has 0 N–H and O–H groups in total. The number of hydrogen-bond acceptors (Lipinski definition) is 3. The Hall–Kier alpha value is -3.35. The van der Waals surface area contributed by atoms with Crippen LogP contribution in [0.5, 0.6) is 11.6 Å². The van der Waals surface area contributed by atoms with Gasteiger partial charge in [-0.15, -0.1) is 0 Å². The maximum absolute atomic E-state index is 12.6. The van der Waals surface area contributed by atoms with Crippen molar-refractivity contribution in [3.63, 3.8) is 0 Å². The van der Waals surface area contributed by atoms with Crippen LogP contribution in [-0.4, -0.2) is 22.8 Å². The van der Waals surface area contributed by atoms with Crippen LogP contribution in [0.4, 0.5) is 13.2 Å². The van der Waals surface area contributed by atoms with Crippen LogP contribution in [-0.2, 0) is 12.7 Å². The fraction of sp³-hybridized carbons (Fsp3) is 0.182. The van der Waals surface area contributed by atoms with Gasteiger partial charge in [-0.05, 0) is 48.4 Å². The highest BCUT2D eigenvalue weighted by atomic mass is 19.4. The lowest BCUT2D eigenvalue weighted by Gasteiger charge is -2.18. The molecule has 7 heteroatoms. The monoisotopic (exact) mass is 400 g/mol. The third kappa shape index (κ3) is 5.13. The smallest absolute Gasteiger partial charge is 0.417 e. The number of amides is 1. The second-order valence-corrected chi connectivity index (χ2v) is 6.60. The molecule has 1 amide bonds. The maximum Gasteiger partial charge on any atom is 0.417 e. The molecule has 0 saturated carbocycles. The number of aryl methyl sites for hydroxylation is 1. The highest BCUT2D eigenvalue weighted by Gasteiger charge is 2.30. The van der Waals surface area contributed by atoms with Crippen molar-refractivity contribution in [1.82, 2.24) is 9.88 Å². The van der Waals surface area contributed by atoms with E-state index in [1.165, 1.54) is 0 Å². The van der Waals surface area contributed by atoms with E-state index in [2.05, 4.69) is 4.98 Å². The summed E-state index contributed by atoms with van der Waals surface area (Å²) in [6.45, 7) is 2.48. The van der Waals surface area contributed by atoms with Gasteiger partial charge < -0.3 is 9.64 Å². The summed E-state index contributed by atoms with van der Waals surface area (Å²) in [5, 5.41) is 0. The Labute approximate surface area is 166 Å². The fourth-order valence-electron chi connectivity index (χ4n) is 2.73. The molecule has 0 unspecified atom stereocenters. The fourth-order valence-corrected chi connectivity index (χ4v) is 2.73. The predicted molar refractivity (Wildman–Crippen MR) is 103 cm³/mol. The molecule has 0 bridgehead atoms. The summed E-state index contributed by atoms with van der Waals surface area (Å²) in [6, 6.07) is 16.3. The molecule has 0 saturated heterocycles. The van der Waals surface area contributed by atoms with E-state index in [9.17, 15) is 18.0 Å². The summed E-state index contributed by atoms with van der Waals surface area (Å²) >= 11 is 0. The summed E-state index contributed by atoms with van der Waals surface area (Å²) in [7, 11) is 1.73. The van der Waals surface area contributed by atoms with Gasteiger partial charge in [0, 0.05) is 31.4 Å². The minimum absolute atomic E-state index is 0.0359. The van der Waals surface area contributed by atoms with Crippen molar-refractivity contribution < 1.29 is 22.7 Å². The van der Waals surface area contributed by atoms with Gasteiger partial charge in [-0.25, -0.2) is 4.98 Å². The van der Waals surface area contributed by atoms with Gasteiger partial charge >= 0.3 is 6.18 Å². The summed E-state index contributed by atoms with van der Waals surface area (Å²) < 4.78 is 43.2. The number of carbonyl (C=O) groups excluding carboxylic acids is 1. The SMILES string of the molecule is Cc1ccccc1CN(C)C(=O)c1ccc(Oc2ccc(C(F)(F)F)cn2)cc1. The van der Waals surface area contributed by atoms with Crippen molar-refractivity contribution in [2.45, 2.75) is 19.6 Å². The number of benzene rings is 2. The zero-order valence-electron chi connectivity index (χ0n) is 15.9. The van der Waals surface area contributed by atoms with Crippen LogP contribution in [0.1, 0.15) is 27.0 Å². The molecule has 0 spiro atoms. The van der Waals surface area contributed by atoms with Gasteiger partial charge in [0.05, 0.1) is 5.56 Å². The lowest BCUT2D eigenvalue weighted by atomic mass is 10.1. The van der Waals surface area contributed by atoms with E-state index in [-0.39, 0.29) is 11.8 Å². The van der Waals surface area contributed by atoms with E-state index in [1.54, 1.807) is 36.2 Å². The first-order valence-corrected chi connectivity index (χ1v) is 8.85. The van der Waals surface area contributed by atoms with Crippen molar-refractivity contribution >= 4 is 5.91 Å². The van der Waals surface area contributed by atoms with E-state index >= 15 is 0 Å². The maximum atomic E-state index is 12.6. The third-order valence-electron chi connectivity index (χ3n) is 4.40. The van der Waals surface area contributed by atoms with Crippen LogP contribution in [0, 0.1) is 6.92 Å². The largest absolute Gasteiger partial charge is 0.439 e. The number of hydrogen-bond donors (Lipinski definition) is 0. The van der Waals surface area contributed by atoms with Gasteiger partial charge in [0.25, 0.3) is 5.91 Å². The summed E-state index contributed by atoms with van der Waals surface area (Å²) in [4.78, 5) is 17.9. The molecule has 3 rings (SSSR count). The Bertz CT molecular complexity index is 984. The number of pyridine rings is 1. The molecule has 3 aromatic rings. The lowest BCUT2D eigenvalue weighted by Crippen LogP contribution is -2.26. The molecule has 0 aliphatic carbocycles. The van der Waals surface area contributed by atoms with Crippen molar-refractivity contribution in [3.05, 3.63) is 89.1 Å². The number of halogens is 3. The average molecular weight is 400 g/mol. The Kier molecular flexibility index (Phi) is 5.87. The van der Waals surface area contributed by atoms with Crippen LogP contribution in [0.25, 0.3) is 0 Å². The second kappa shape index (κ2) is 8.34. The molecule has 0 radical (unpaired) electrons. The zero-order valence-corrected chi connectivity index (χ0v) is 15.9. The van der Waals surface area contributed by atoms with Crippen molar-refractivity contribution in [1.29, 1.82) is 0 Å². The summed E-state index contributed by atoms with van der Waals surface area (Å²) in [5.41, 5.74) is 1.81. The number of rotatable bonds is 5. The van der Waals surface area contributed by atoms with E-state index in [1.807, 2.05) is 31.2 Å². The standard InChI is InChI=1S/C22H19F3N2O2/c1-15-5-3-4-6-17(15)14-27(2)21(28)16-7-10-19(11-8-16)29-20-12-9-18(13-26-20)22(23,24)25/h3-13H,14H2,1-2H3. The molecule has 4 nitrogen and oxygen atoms in total. The number of carbonyl (C=O) groups is 1. The van der Waals surface area contributed by atoms with Crippen LogP contribution in [0.3, 0.4) is 0 Å². The van der Waals surface area contributed by atoms with Crippen molar-refractivity contribution in [2.75, 3.05) is 7.05 Å². The van der Waals surface area contributed by atoms with E-state index in [0.29, 0.717) is 24.1 Å². The first-order chi connectivity index (χ1) is 13.7. The predicted octanol–water partition coefficient (Wildman–Crippen LogP) is 5.47. The normalized spacial score (nSPS) is 11.2. The second-order valence-electron chi connectivity index (χ2n) is 6.60. The molecule has 1 aromatic heterocycles. The van der Waals surface area contributed by atoms with E-state index in [0.717, 1.165) is 23.3 Å². The number of ether oxygens (including phenoxy) is 1. The first-order valence-electron chi connectivity index (χ1n) is 8.85. The van der Waals surface area contributed by atoms with Gasteiger partial charge in [0.15, 0.2) is 0 Å². The van der Waals surface area contributed by atoms with Gasteiger partial charge in [-0.2, -0.15) is 13.2 Å². The Morgan fingerprint density at radius 3 is 2.31 bits per heavy atom. The van der Waals surface area contributed by atoms with Gasteiger partial charge in [-0.3, -0.25) is 4.79 Å². The Morgan fingerprint density at radius 1 is 1.03 bits per heavy atom. The molecule has 0 aliphatic heterocycles. The van der Waals surface area contributed by atoms with Crippen LogP contribution in [0.2, 0.25) is 0 Å². The topological polar surface area (TPSA) is 42.4 Å². The summed E-state index contributed by atoms with van der Waals surface area (Å²) in [5.74, 6) is 0.261. The van der Waals surface area contributed by atoms with E-state index < -0.39 is 11.7 Å². The molecule has 0 aliphatic rings. The minimum atomic E-state index is -4.45. The van der Waals surface area contributed by atoms with Gasteiger partial charge in [-0.1, -0.05) is 24.3 Å². The zero-order chi connectivity index (χ0) is 21.0. The molecule has 1 heterocycles. The molecule has 0 fully saturated rings. The number of aromatic nitrogens is 1. The average Bonchev–Trinajstić information content (AvgIpc) is 2.69. The third-order valence-corrected chi connectivity index (χ3v) is 4.40. The van der Waals surface area contributed by atoms with Gasteiger partial charge in [0.1, 0.15) is 5.75 Å². The number of alkyl halides is 3. The molecular formula is C22H19F3N2O2. The molecule has 0 atom stereocenters. The summed E-state index contributed by atoms with van der Waals surface area (Å²) in [6.07, 6.45) is -3.73. The highest BCUT2D eigenvalue weighted by Crippen LogP contribution is 2.30. The van der Waals surface area contributed by atoms with Crippen LogP contribution >= 0.6 is 0 Å². The van der Waals surface area contributed by atoms with Crippen molar-refractivity contribution in [2.24, 2.45) is 0 Å². The highest BCUT2D eigenvalue weighted by molar-refractivity contribution is 5.94.